The summed E-state index contributed by atoms with van der Waals surface area (Å²) in [7, 11) is 2.28. The van der Waals surface area contributed by atoms with Crippen molar-refractivity contribution in [1.29, 1.82) is 5.41 Å². The molecule has 0 amide bonds. The van der Waals surface area contributed by atoms with Crippen molar-refractivity contribution < 1.29 is 4.90 Å². The van der Waals surface area contributed by atoms with Gasteiger partial charge in [-0.15, -0.1) is 0 Å². The maximum Gasteiger partial charge on any atom is 0.172 e. The van der Waals surface area contributed by atoms with Gasteiger partial charge in [-0.3, -0.25) is 0 Å². The summed E-state index contributed by atoms with van der Waals surface area (Å²) in [6.45, 7) is 4.69. The van der Waals surface area contributed by atoms with Gasteiger partial charge in [0.05, 0.1) is 39.4 Å². The van der Waals surface area contributed by atoms with E-state index in [-0.39, 0.29) is 0 Å². The molecule has 2 N–H and O–H groups in total. The Labute approximate surface area is 184 Å². The Morgan fingerprint density at radius 3 is 2.55 bits per heavy atom. The van der Waals surface area contributed by atoms with E-state index in [1.54, 1.807) is 4.90 Å². The maximum atomic E-state index is 7.57. The number of anilines is 1. The van der Waals surface area contributed by atoms with E-state index >= 15 is 0 Å². The van der Waals surface area contributed by atoms with E-state index in [9.17, 15) is 0 Å². The van der Waals surface area contributed by atoms with Crippen LogP contribution in [0.3, 0.4) is 0 Å². The lowest BCUT2D eigenvalue weighted by Crippen LogP contribution is -3.12. The summed E-state index contributed by atoms with van der Waals surface area (Å²) in [6, 6.07) is 11.9. The Hall–Kier alpha value is -2.73. The molecule has 1 saturated carbocycles. The van der Waals surface area contributed by atoms with Crippen LogP contribution in [0, 0.1) is 5.41 Å². The minimum Gasteiger partial charge on any atom is -0.360 e. The molecule has 0 unspecified atom stereocenters. The zero-order valence-corrected chi connectivity index (χ0v) is 18.5. The Morgan fingerprint density at radius 2 is 1.84 bits per heavy atom. The summed E-state index contributed by atoms with van der Waals surface area (Å²) in [5.41, 5.74) is 4.98. The molecule has 3 aromatic rings. The van der Waals surface area contributed by atoms with E-state index in [1.165, 1.54) is 68.4 Å². The quantitative estimate of drug-likeness (QED) is 0.628. The number of fused-ring (bicyclic) bond motifs is 1. The van der Waals surface area contributed by atoms with Crippen LogP contribution < -0.4 is 9.80 Å². The molecule has 162 valence electrons. The lowest BCUT2D eigenvalue weighted by atomic mass is 9.95. The highest BCUT2D eigenvalue weighted by Crippen LogP contribution is 2.34. The average Bonchev–Trinajstić information content (AvgIpc) is 3.17. The summed E-state index contributed by atoms with van der Waals surface area (Å²) in [5.74, 6) is 0.493. The second-order valence-corrected chi connectivity index (χ2v) is 9.24. The first-order chi connectivity index (χ1) is 15.2. The van der Waals surface area contributed by atoms with Gasteiger partial charge in [-0.05, 0) is 36.6 Å². The van der Waals surface area contributed by atoms with E-state index < -0.39 is 0 Å². The van der Waals surface area contributed by atoms with Crippen LogP contribution in [0.25, 0.3) is 11.0 Å². The van der Waals surface area contributed by atoms with E-state index in [4.69, 9.17) is 10.4 Å². The molecule has 1 aromatic carbocycles. The van der Waals surface area contributed by atoms with Gasteiger partial charge in [0.1, 0.15) is 5.65 Å². The molecular weight excluding hydrogens is 384 g/mol. The predicted octanol–water partition coefficient (Wildman–Crippen LogP) is 2.86. The summed E-state index contributed by atoms with van der Waals surface area (Å²) < 4.78 is 2.46. The molecule has 3 heterocycles. The number of hydrogen-bond acceptors (Lipinski definition) is 4. The molecule has 1 aliphatic carbocycles. The van der Waals surface area contributed by atoms with Crippen LogP contribution in [-0.4, -0.2) is 54.0 Å². The fourth-order valence-electron chi connectivity index (χ4n) is 5.21. The summed E-state index contributed by atoms with van der Waals surface area (Å²) in [5, 5.41) is 8.66. The van der Waals surface area contributed by atoms with Crippen LogP contribution in [-0.2, 0) is 6.42 Å². The molecule has 2 aliphatic rings. The van der Waals surface area contributed by atoms with Crippen molar-refractivity contribution in [2.24, 2.45) is 0 Å². The standard InChI is InChI=1S/C25H32N6/c1-29-11-13-30(14-12-29)21-9-7-19(8-10-21)15-23-16-20-18-27-24(17-26)28-25(20)31(23)22-5-3-2-4-6-22/h7-10,16-18,22,26H,2-6,11-15H2,1H3/p+1. The Balaban J connectivity index is 1.43. The van der Waals surface area contributed by atoms with Gasteiger partial charge < -0.3 is 19.8 Å². The van der Waals surface area contributed by atoms with Crippen molar-refractivity contribution in [1.82, 2.24) is 14.5 Å². The minimum atomic E-state index is 0.493. The number of quaternary nitrogens is 1. The number of rotatable bonds is 5. The monoisotopic (exact) mass is 417 g/mol. The van der Waals surface area contributed by atoms with Gasteiger partial charge in [-0.25, -0.2) is 9.97 Å². The zero-order chi connectivity index (χ0) is 21.2. The normalized spacial score (nSPS) is 18.5. The Bertz CT molecular complexity index is 1040. The number of benzene rings is 1. The topological polar surface area (TPSA) is 62.2 Å². The minimum absolute atomic E-state index is 0.493. The predicted molar refractivity (Wildman–Crippen MR) is 126 cm³/mol. The van der Waals surface area contributed by atoms with Crippen LogP contribution in [0.5, 0.6) is 0 Å². The number of piperazine rings is 1. The molecule has 6 heteroatoms. The summed E-state index contributed by atoms with van der Waals surface area (Å²) in [6.07, 6.45) is 10.4. The first-order valence-electron chi connectivity index (χ1n) is 11.7. The van der Waals surface area contributed by atoms with Crippen LogP contribution in [0.15, 0.2) is 36.5 Å². The smallest absolute Gasteiger partial charge is 0.172 e. The number of nitrogens with one attached hydrogen (secondary N) is 2. The Kier molecular flexibility index (Phi) is 5.72. The van der Waals surface area contributed by atoms with Crippen LogP contribution in [0.4, 0.5) is 5.69 Å². The van der Waals surface area contributed by atoms with Crippen molar-refractivity contribution in [3.05, 3.63) is 53.6 Å². The van der Waals surface area contributed by atoms with Crippen LogP contribution in [0.2, 0.25) is 0 Å². The van der Waals surface area contributed by atoms with Gasteiger partial charge in [0.15, 0.2) is 5.82 Å². The fraction of sp³-hybridized carbons (Fsp3) is 0.480. The number of nitrogens with zero attached hydrogens (tertiary/aromatic N) is 4. The molecule has 0 spiro atoms. The lowest BCUT2D eigenvalue weighted by Gasteiger charge is -2.31. The Morgan fingerprint density at radius 1 is 1.10 bits per heavy atom. The first-order valence-corrected chi connectivity index (χ1v) is 11.7. The molecule has 0 radical (unpaired) electrons. The zero-order valence-electron chi connectivity index (χ0n) is 18.5. The third-order valence-electron chi connectivity index (χ3n) is 7.05. The molecule has 6 nitrogen and oxygen atoms in total. The highest BCUT2D eigenvalue weighted by Gasteiger charge is 2.22. The highest BCUT2D eigenvalue weighted by atomic mass is 15.2. The molecule has 0 bridgehead atoms. The van der Waals surface area contributed by atoms with Crippen LogP contribution >= 0.6 is 0 Å². The molecule has 2 aromatic heterocycles. The van der Waals surface area contributed by atoms with Crippen molar-refractivity contribution in [3.8, 4) is 0 Å². The van der Waals surface area contributed by atoms with Crippen molar-refractivity contribution in [3.63, 3.8) is 0 Å². The lowest BCUT2D eigenvalue weighted by molar-refractivity contribution is -0.880. The van der Waals surface area contributed by atoms with Crippen LogP contribution in [0.1, 0.15) is 55.2 Å². The van der Waals surface area contributed by atoms with E-state index in [0.717, 1.165) is 30.5 Å². The van der Waals surface area contributed by atoms with Crippen molar-refractivity contribution in [2.45, 2.75) is 44.6 Å². The maximum absolute atomic E-state index is 7.57. The van der Waals surface area contributed by atoms with Crippen molar-refractivity contribution in [2.75, 3.05) is 38.1 Å². The third-order valence-corrected chi connectivity index (χ3v) is 7.05. The molecule has 0 atom stereocenters. The largest absolute Gasteiger partial charge is 0.360 e. The molecule has 1 aliphatic heterocycles. The van der Waals surface area contributed by atoms with Gasteiger partial charge >= 0.3 is 0 Å². The first kappa shape index (κ1) is 20.2. The van der Waals surface area contributed by atoms with E-state index in [0.29, 0.717) is 11.9 Å². The molecular formula is C25H33N6+. The molecule has 31 heavy (non-hydrogen) atoms. The van der Waals surface area contributed by atoms with Gasteiger partial charge in [0.2, 0.25) is 0 Å². The fourth-order valence-corrected chi connectivity index (χ4v) is 5.21. The van der Waals surface area contributed by atoms with Crippen molar-refractivity contribution >= 4 is 22.9 Å². The summed E-state index contributed by atoms with van der Waals surface area (Å²) >= 11 is 0. The van der Waals surface area contributed by atoms with Gasteiger partial charge in [0.25, 0.3) is 0 Å². The number of hydrogen-bond donors (Lipinski definition) is 2. The van der Waals surface area contributed by atoms with E-state index in [1.807, 2.05) is 6.20 Å². The molecule has 5 rings (SSSR count). The van der Waals surface area contributed by atoms with Gasteiger partial charge in [-0.1, -0.05) is 31.4 Å². The number of likely N-dealkylation sites (N-methyl/N-ethyl adjacent to an activating group) is 1. The third kappa shape index (κ3) is 4.22. The second-order valence-electron chi connectivity index (χ2n) is 9.24. The molecule has 1 saturated heterocycles. The summed E-state index contributed by atoms with van der Waals surface area (Å²) in [4.78, 5) is 13.2. The van der Waals surface area contributed by atoms with Gasteiger partial charge in [0, 0.05) is 35.4 Å². The SMILES string of the molecule is C[NH+]1CCN(c2ccc(Cc3cc4cnc(C=N)nc4n3C3CCCCC3)cc2)CC1. The highest BCUT2D eigenvalue weighted by molar-refractivity contribution is 5.81. The van der Waals surface area contributed by atoms with Gasteiger partial charge in [-0.2, -0.15) is 0 Å². The molecule has 2 fully saturated rings. The second kappa shape index (κ2) is 8.79. The average molecular weight is 418 g/mol. The van der Waals surface area contributed by atoms with E-state index in [2.05, 4.69) is 51.8 Å². The number of aromatic nitrogens is 3.